The molecule has 0 aromatic rings. The van der Waals surface area contributed by atoms with Gasteiger partial charge < -0.3 is 9.05 Å². The van der Waals surface area contributed by atoms with Crippen molar-refractivity contribution in [2.45, 2.75) is 117 Å². The van der Waals surface area contributed by atoms with Gasteiger partial charge >= 0.3 is 7.60 Å². The highest BCUT2D eigenvalue weighted by atomic mass is 31.2. The summed E-state index contributed by atoms with van der Waals surface area (Å²) in [5, 5.41) is 0. The normalized spacial score (nSPS) is 12.5. The lowest BCUT2D eigenvalue weighted by Crippen LogP contribution is -2.17. The molecule has 0 heterocycles. The molecule has 0 aliphatic heterocycles. The molecule has 0 radical (unpaired) electrons. The third kappa shape index (κ3) is 13.2. The van der Waals surface area contributed by atoms with Gasteiger partial charge in [-0.2, -0.15) is 0 Å². The second-order valence-electron chi connectivity index (χ2n) is 6.80. The first-order chi connectivity index (χ1) is 11.0. The number of rotatable bonds is 16. The topological polar surface area (TPSA) is 35.5 Å². The maximum absolute atomic E-state index is 12.8. The van der Waals surface area contributed by atoms with Gasteiger partial charge in [-0.05, 0) is 25.7 Å². The van der Waals surface area contributed by atoms with Crippen LogP contribution in [0.3, 0.4) is 0 Å². The van der Waals surface area contributed by atoms with Crippen molar-refractivity contribution in [3.8, 4) is 0 Å². The van der Waals surface area contributed by atoms with E-state index in [4.69, 9.17) is 9.05 Å². The van der Waals surface area contributed by atoms with Gasteiger partial charge in [0.05, 0.1) is 12.2 Å². The first-order valence-corrected chi connectivity index (χ1v) is 11.9. The summed E-state index contributed by atoms with van der Waals surface area (Å²) in [5.74, 6) is 0. The lowest BCUT2D eigenvalue weighted by molar-refractivity contribution is 0.0955. The second-order valence-corrected chi connectivity index (χ2v) is 8.76. The minimum atomic E-state index is -2.97. The zero-order chi connectivity index (χ0) is 17.6. The molecule has 0 amide bonds. The maximum atomic E-state index is 12.8. The molecule has 0 atom stereocenters. The fraction of sp³-hybridized carbons (Fsp3) is 1.00. The molecule has 23 heavy (non-hydrogen) atoms. The Labute approximate surface area is 145 Å². The van der Waals surface area contributed by atoms with Crippen LogP contribution in [0.4, 0.5) is 0 Å². The second kappa shape index (κ2) is 14.5. The Kier molecular flexibility index (Phi) is 14.6. The van der Waals surface area contributed by atoms with Crippen molar-refractivity contribution in [3.05, 3.63) is 0 Å². The van der Waals surface area contributed by atoms with Crippen LogP contribution in [0.5, 0.6) is 0 Å². The predicted molar refractivity (Wildman–Crippen MR) is 101 cm³/mol. The predicted octanol–water partition coefficient (Wildman–Crippen LogP) is 7.34. The largest absolute Gasteiger partial charge is 0.328 e. The summed E-state index contributed by atoms with van der Waals surface area (Å²) in [7, 11) is -2.97. The number of unbranched alkanes of at least 4 members (excludes halogenated alkanes) is 4. The van der Waals surface area contributed by atoms with E-state index in [-0.39, 0.29) is 12.2 Å². The molecule has 0 aliphatic carbocycles. The molecule has 3 nitrogen and oxygen atoms in total. The quantitative estimate of drug-likeness (QED) is 0.274. The first-order valence-electron chi connectivity index (χ1n) is 9.93. The Balaban J connectivity index is 4.57. The van der Waals surface area contributed by atoms with Crippen molar-refractivity contribution < 1.29 is 13.6 Å². The first kappa shape index (κ1) is 23.1. The minimum absolute atomic E-state index is 0.0868. The number of hydrogen-bond donors (Lipinski definition) is 0. The van der Waals surface area contributed by atoms with Gasteiger partial charge in [-0.1, -0.05) is 79.1 Å². The molecule has 0 spiro atoms. The molecule has 0 N–H and O–H groups in total. The van der Waals surface area contributed by atoms with Crippen LogP contribution in [-0.2, 0) is 13.6 Å². The minimum Gasteiger partial charge on any atom is -0.305 e. The molecule has 0 saturated carbocycles. The average Bonchev–Trinajstić information content (AvgIpc) is 2.52. The van der Waals surface area contributed by atoms with Crippen LogP contribution in [0, 0.1) is 0 Å². The molecule has 0 saturated heterocycles. The summed E-state index contributed by atoms with van der Waals surface area (Å²) < 4.78 is 24.8. The van der Waals surface area contributed by atoms with Gasteiger partial charge in [0.15, 0.2) is 0 Å². The SMILES string of the molecule is CCCCC(CCCC)OP(C)(=O)OC(CCCC)CCCC. The van der Waals surface area contributed by atoms with Crippen LogP contribution >= 0.6 is 7.60 Å². The summed E-state index contributed by atoms with van der Waals surface area (Å²) >= 11 is 0. The highest BCUT2D eigenvalue weighted by Crippen LogP contribution is 2.48. The van der Waals surface area contributed by atoms with Crippen LogP contribution in [-0.4, -0.2) is 18.9 Å². The van der Waals surface area contributed by atoms with E-state index >= 15 is 0 Å². The van der Waals surface area contributed by atoms with E-state index in [1.807, 2.05) is 0 Å². The van der Waals surface area contributed by atoms with Crippen molar-refractivity contribution in [2.24, 2.45) is 0 Å². The molecule has 0 bridgehead atoms. The van der Waals surface area contributed by atoms with E-state index in [1.165, 1.54) is 0 Å². The molecule has 0 fully saturated rings. The van der Waals surface area contributed by atoms with Crippen molar-refractivity contribution in [2.75, 3.05) is 6.66 Å². The van der Waals surface area contributed by atoms with E-state index in [0.29, 0.717) is 0 Å². The molecule has 0 rings (SSSR count). The molecule has 0 aromatic heterocycles. The zero-order valence-electron chi connectivity index (χ0n) is 16.3. The van der Waals surface area contributed by atoms with Gasteiger partial charge in [-0.3, -0.25) is 4.57 Å². The van der Waals surface area contributed by atoms with E-state index in [1.54, 1.807) is 6.66 Å². The summed E-state index contributed by atoms with van der Waals surface area (Å²) in [6, 6.07) is 0. The monoisotopic (exact) mass is 348 g/mol. The fourth-order valence-corrected chi connectivity index (χ4v) is 4.35. The molecule has 4 heteroatoms. The van der Waals surface area contributed by atoms with Crippen molar-refractivity contribution in [3.63, 3.8) is 0 Å². The van der Waals surface area contributed by atoms with Crippen molar-refractivity contribution in [1.29, 1.82) is 0 Å². The Morgan fingerprint density at radius 3 is 1.13 bits per heavy atom. The summed E-state index contributed by atoms with van der Waals surface area (Å²) in [6.45, 7) is 10.4. The van der Waals surface area contributed by atoms with E-state index in [2.05, 4.69) is 27.7 Å². The van der Waals surface area contributed by atoms with Crippen LogP contribution in [0.2, 0.25) is 0 Å². The summed E-state index contributed by atoms with van der Waals surface area (Å²) in [6.07, 6.45) is 13.3. The van der Waals surface area contributed by atoms with Gasteiger partial charge in [0.1, 0.15) is 0 Å². The highest BCUT2D eigenvalue weighted by molar-refractivity contribution is 7.53. The molecule has 0 aromatic carbocycles. The third-order valence-corrected chi connectivity index (χ3v) is 5.56. The number of hydrogen-bond acceptors (Lipinski definition) is 3. The van der Waals surface area contributed by atoms with Gasteiger partial charge in [-0.25, -0.2) is 0 Å². The average molecular weight is 349 g/mol. The van der Waals surface area contributed by atoms with Crippen molar-refractivity contribution >= 4 is 7.60 Å². The Bertz CT molecular complexity index is 265. The lowest BCUT2D eigenvalue weighted by atomic mass is 10.1. The molecule has 0 aliphatic rings. The van der Waals surface area contributed by atoms with Crippen LogP contribution in [0.25, 0.3) is 0 Å². The zero-order valence-corrected chi connectivity index (χ0v) is 17.2. The van der Waals surface area contributed by atoms with Gasteiger partial charge in [-0.15, -0.1) is 0 Å². The molecular formula is C19H41O3P. The Morgan fingerprint density at radius 1 is 0.652 bits per heavy atom. The Hall–Kier alpha value is 0.150. The fourth-order valence-electron chi connectivity index (χ4n) is 2.79. The van der Waals surface area contributed by atoms with Gasteiger partial charge in [0, 0.05) is 6.66 Å². The van der Waals surface area contributed by atoms with Gasteiger partial charge in [0.2, 0.25) is 0 Å². The van der Waals surface area contributed by atoms with Crippen LogP contribution in [0.1, 0.15) is 105 Å². The van der Waals surface area contributed by atoms with E-state index in [0.717, 1.165) is 77.0 Å². The lowest BCUT2D eigenvalue weighted by Gasteiger charge is -2.26. The van der Waals surface area contributed by atoms with Gasteiger partial charge in [0.25, 0.3) is 0 Å². The smallest absolute Gasteiger partial charge is 0.305 e. The summed E-state index contributed by atoms with van der Waals surface area (Å²) in [4.78, 5) is 0. The summed E-state index contributed by atoms with van der Waals surface area (Å²) in [5.41, 5.74) is 0. The van der Waals surface area contributed by atoms with Crippen LogP contribution in [0.15, 0.2) is 0 Å². The van der Waals surface area contributed by atoms with Crippen LogP contribution < -0.4 is 0 Å². The molecule has 140 valence electrons. The third-order valence-electron chi connectivity index (χ3n) is 4.20. The standard InChI is InChI=1S/C19H41O3P/c1-6-10-14-18(15-11-7-2)21-23(5,20)22-19(16-12-8-3)17-13-9-4/h18-19H,6-17H2,1-5H3. The highest BCUT2D eigenvalue weighted by Gasteiger charge is 2.26. The van der Waals surface area contributed by atoms with E-state index in [9.17, 15) is 4.57 Å². The Morgan fingerprint density at radius 2 is 0.913 bits per heavy atom. The van der Waals surface area contributed by atoms with E-state index < -0.39 is 7.60 Å². The molecular weight excluding hydrogens is 307 g/mol. The van der Waals surface area contributed by atoms with Crippen molar-refractivity contribution in [1.82, 2.24) is 0 Å². The molecule has 0 unspecified atom stereocenters. The maximum Gasteiger partial charge on any atom is 0.328 e.